The number of thiophene rings is 1. The lowest BCUT2D eigenvalue weighted by molar-refractivity contribution is 0.198. The summed E-state index contributed by atoms with van der Waals surface area (Å²) in [7, 11) is 1.64. The van der Waals surface area contributed by atoms with E-state index in [0.717, 1.165) is 11.3 Å². The van der Waals surface area contributed by atoms with Crippen molar-refractivity contribution in [3.05, 3.63) is 52.2 Å². The van der Waals surface area contributed by atoms with Crippen molar-refractivity contribution in [1.29, 1.82) is 0 Å². The molecule has 0 aliphatic heterocycles. The van der Waals surface area contributed by atoms with Crippen LogP contribution in [0.5, 0.6) is 5.75 Å². The number of carbonyl (C=O) groups is 1. The van der Waals surface area contributed by atoms with E-state index in [4.69, 9.17) is 4.74 Å². The van der Waals surface area contributed by atoms with Crippen molar-refractivity contribution in [1.82, 2.24) is 10.2 Å². The van der Waals surface area contributed by atoms with Gasteiger partial charge >= 0.3 is 6.03 Å². The van der Waals surface area contributed by atoms with Gasteiger partial charge in [-0.1, -0.05) is 18.2 Å². The first-order valence-corrected chi connectivity index (χ1v) is 7.79. The molecule has 0 bridgehead atoms. The molecule has 0 saturated carbocycles. The molecule has 0 aliphatic rings. The average molecular weight is 304 g/mol. The van der Waals surface area contributed by atoms with Crippen LogP contribution in [-0.4, -0.2) is 24.6 Å². The molecule has 0 radical (unpaired) electrons. The number of carbonyl (C=O) groups excluding carboxylic acids is 1. The highest BCUT2D eigenvalue weighted by molar-refractivity contribution is 7.09. The number of nitrogens with one attached hydrogen (secondary N) is 1. The monoisotopic (exact) mass is 304 g/mol. The maximum absolute atomic E-state index is 12.2. The van der Waals surface area contributed by atoms with E-state index >= 15 is 0 Å². The smallest absolute Gasteiger partial charge is 0.317 e. The predicted molar refractivity (Wildman–Crippen MR) is 85.6 cm³/mol. The third-order valence-electron chi connectivity index (χ3n) is 3.17. The van der Waals surface area contributed by atoms with Crippen LogP contribution in [0, 0.1) is 0 Å². The molecule has 21 heavy (non-hydrogen) atoms. The number of benzene rings is 1. The number of hydrogen-bond acceptors (Lipinski definition) is 3. The minimum absolute atomic E-state index is 0.0475. The summed E-state index contributed by atoms with van der Waals surface area (Å²) in [5, 5.41) is 4.97. The summed E-state index contributed by atoms with van der Waals surface area (Å²) in [5.74, 6) is 0.799. The lowest BCUT2D eigenvalue weighted by Crippen LogP contribution is -2.38. The highest BCUT2D eigenvalue weighted by Gasteiger charge is 2.12. The van der Waals surface area contributed by atoms with Gasteiger partial charge in [-0.25, -0.2) is 4.79 Å². The van der Waals surface area contributed by atoms with Crippen LogP contribution in [0.3, 0.4) is 0 Å². The summed E-state index contributed by atoms with van der Waals surface area (Å²) in [6.07, 6.45) is 0. The fraction of sp³-hybridized carbons (Fsp3) is 0.312. The SMILES string of the molecule is CCN(Cc1cccs1)C(=O)NCc1cccc(OC)c1. The lowest BCUT2D eigenvalue weighted by atomic mass is 10.2. The second-order valence-electron chi connectivity index (χ2n) is 4.60. The molecular weight excluding hydrogens is 284 g/mol. The van der Waals surface area contributed by atoms with Crippen LogP contribution in [0.1, 0.15) is 17.4 Å². The number of amides is 2. The van der Waals surface area contributed by atoms with Gasteiger partial charge in [0.1, 0.15) is 5.75 Å². The van der Waals surface area contributed by atoms with Gasteiger partial charge in [-0.3, -0.25) is 0 Å². The maximum atomic E-state index is 12.2. The number of methoxy groups -OCH3 is 1. The molecule has 1 aromatic carbocycles. The van der Waals surface area contributed by atoms with Gasteiger partial charge in [0.15, 0.2) is 0 Å². The number of ether oxygens (including phenoxy) is 1. The van der Waals surface area contributed by atoms with E-state index < -0.39 is 0 Å². The Bertz CT molecular complexity index is 569. The van der Waals surface area contributed by atoms with Gasteiger partial charge in [0.2, 0.25) is 0 Å². The molecule has 112 valence electrons. The topological polar surface area (TPSA) is 41.6 Å². The van der Waals surface area contributed by atoms with Crippen LogP contribution in [0.2, 0.25) is 0 Å². The van der Waals surface area contributed by atoms with Crippen LogP contribution in [0.15, 0.2) is 41.8 Å². The summed E-state index contributed by atoms with van der Waals surface area (Å²) in [6, 6.07) is 11.7. The van der Waals surface area contributed by atoms with Gasteiger partial charge in [-0.15, -0.1) is 11.3 Å². The van der Waals surface area contributed by atoms with Crippen LogP contribution in [0.25, 0.3) is 0 Å². The van der Waals surface area contributed by atoms with Gasteiger partial charge in [0.25, 0.3) is 0 Å². The highest BCUT2D eigenvalue weighted by atomic mass is 32.1. The third-order valence-corrected chi connectivity index (χ3v) is 4.03. The zero-order valence-corrected chi connectivity index (χ0v) is 13.2. The normalized spacial score (nSPS) is 10.2. The predicted octanol–water partition coefficient (Wildman–Crippen LogP) is 3.49. The van der Waals surface area contributed by atoms with E-state index in [2.05, 4.69) is 5.32 Å². The molecule has 5 heteroatoms. The lowest BCUT2D eigenvalue weighted by Gasteiger charge is -2.20. The quantitative estimate of drug-likeness (QED) is 0.887. The van der Waals surface area contributed by atoms with Gasteiger partial charge in [-0.2, -0.15) is 0 Å². The Kier molecular flexibility index (Phi) is 5.63. The first-order valence-electron chi connectivity index (χ1n) is 6.91. The summed E-state index contributed by atoms with van der Waals surface area (Å²) >= 11 is 1.67. The van der Waals surface area contributed by atoms with Crippen LogP contribution < -0.4 is 10.1 Å². The molecule has 0 unspecified atom stereocenters. The second kappa shape index (κ2) is 7.69. The molecule has 2 amide bonds. The molecule has 2 rings (SSSR count). The average Bonchev–Trinajstić information content (AvgIpc) is 3.03. The van der Waals surface area contributed by atoms with E-state index in [-0.39, 0.29) is 6.03 Å². The largest absolute Gasteiger partial charge is 0.497 e. The Morgan fingerprint density at radius 1 is 1.33 bits per heavy atom. The van der Waals surface area contributed by atoms with E-state index in [1.165, 1.54) is 4.88 Å². The van der Waals surface area contributed by atoms with Gasteiger partial charge in [-0.05, 0) is 36.1 Å². The zero-order chi connectivity index (χ0) is 15.1. The van der Waals surface area contributed by atoms with Crippen LogP contribution in [-0.2, 0) is 13.1 Å². The molecule has 0 spiro atoms. The van der Waals surface area contributed by atoms with Gasteiger partial charge in [0.05, 0.1) is 13.7 Å². The number of hydrogen-bond donors (Lipinski definition) is 1. The molecule has 2 aromatic rings. The summed E-state index contributed by atoms with van der Waals surface area (Å²) in [5.41, 5.74) is 1.02. The Morgan fingerprint density at radius 3 is 2.86 bits per heavy atom. The molecule has 1 N–H and O–H groups in total. The van der Waals surface area contributed by atoms with Crippen molar-refractivity contribution in [3.63, 3.8) is 0 Å². The second-order valence-corrected chi connectivity index (χ2v) is 5.64. The van der Waals surface area contributed by atoms with Gasteiger partial charge < -0.3 is 15.0 Å². The fourth-order valence-electron chi connectivity index (χ4n) is 1.99. The molecule has 0 aliphatic carbocycles. The van der Waals surface area contributed by atoms with Crippen molar-refractivity contribution in [2.45, 2.75) is 20.0 Å². The first-order chi connectivity index (χ1) is 10.2. The standard InChI is InChI=1S/C16H20N2O2S/c1-3-18(12-15-8-5-9-21-15)16(19)17-11-13-6-4-7-14(10-13)20-2/h4-10H,3,11-12H2,1-2H3,(H,17,19). The Labute approximate surface area is 129 Å². The van der Waals surface area contributed by atoms with Crippen LogP contribution in [0.4, 0.5) is 4.79 Å². The molecular formula is C16H20N2O2S. The molecule has 0 saturated heterocycles. The fourth-order valence-corrected chi connectivity index (χ4v) is 2.71. The summed E-state index contributed by atoms with van der Waals surface area (Å²) < 4.78 is 5.18. The van der Waals surface area contributed by atoms with Crippen molar-refractivity contribution in [2.75, 3.05) is 13.7 Å². The molecule has 1 heterocycles. The zero-order valence-electron chi connectivity index (χ0n) is 12.3. The maximum Gasteiger partial charge on any atom is 0.317 e. The Hall–Kier alpha value is -2.01. The first kappa shape index (κ1) is 15.4. The minimum Gasteiger partial charge on any atom is -0.497 e. The van der Waals surface area contributed by atoms with Gasteiger partial charge in [0, 0.05) is 18.0 Å². The molecule has 4 nitrogen and oxygen atoms in total. The number of urea groups is 1. The highest BCUT2D eigenvalue weighted by Crippen LogP contribution is 2.13. The van der Waals surface area contributed by atoms with E-state index in [9.17, 15) is 4.79 Å². The van der Waals surface area contributed by atoms with Crippen molar-refractivity contribution in [2.24, 2.45) is 0 Å². The van der Waals surface area contributed by atoms with Crippen molar-refractivity contribution < 1.29 is 9.53 Å². The van der Waals surface area contributed by atoms with E-state index in [1.54, 1.807) is 23.3 Å². The molecule has 0 fully saturated rings. The molecule has 0 atom stereocenters. The number of nitrogens with zero attached hydrogens (tertiary/aromatic N) is 1. The van der Waals surface area contributed by atoms with E-state index in [0.29, 0.717) is 19.6 Å². The summed E-state index contributed by atoms with van der Waals surface area (Å²) in [4.78, 5) is 15.2. The minimum atomic E-state index is -0.0475. The Morgan fingerprint density at radius 2 is 2.19 bits per heavy atom. The van der Waals surface area contributed by atoms with Crippen LogP contribution >= 0.6 is 11.3 Å². The number of rotatable bonds is 6. The molecule has 1 aromatic heterocycles. The summed E-state index contributed by atoms with van der Waals surface area (Å²) in [6.45, 7) is 3.82. The van der Waals surface area contributed by atoms with Crippen molar-refractivity contribution in [3.8, 4) is 5.75 Å². The van der Waals surface area contributed by atoms with E-state index in [1.807, 2.05) is 48.7 Å². The van der Waals surface area contributed by atoms with Crippen molar-refractivity contribution >= 4 is 17.4 Å². The Balaban J connectivity index is 1.90. The third kappa shape index (κ3) is 4.49.